The fourth-order valence-electron chi connectivity index (χ4n) is 4.59. The van der Waals surface area contributed by atoms with Gasteiger partial charge < -0.3 is 5.32 Å². The van der Waals surface area contributed by atoms with E-state index in [4.69, 9.17) is 16.7 Å². The summed E-state index contributed by atoms with van der Waals surface area (Å²) in [5, 5.41) is 8.43. The lowest BCUT2D eigenvalue weighted by molar-refractivity contribution is -0.122. The summed E-state index contributed by atoms with van der Waals surface area (Å²) in [6.07, 6.45) is 0.817. The van der Waals surface area contributed by atoms with Gasteiger partial charge in [-0.15, -0.1) is 11.8 Å². The van der Waals surface area contributed by atoms with E-state index in [1.807, 2.05) is 97.4 Å². The Morgan fingerprint density at radius 3 is 2.55 bits per heavy atom. The topological polar surface area (TPSA) is 67.2 Å². The highest BCUT2D eigenvalue weighted by molar-refractivity contribution is 8.00. The van der Waals surface area contributed by atoms with Gasteiger partial charge in [0, 0.05) is 22.7 Å². The third-order valence-corrected chi connectivity index (χ3v) is 7.93. The maximum atomic E-state index is 13.7. The van der Waals surface area contributed by atoms with Gasteiger partial charge in [0.2, 0.25) is 11.8 Å². The number of carbonyl (C=O) groups excluding carboxylic acids is 2. The molecule has 6 nitrogen and oxygen atoms in total. The number of fused-ring (bicyclic) bond motifs is 1. The van der Waals surface area contributed by atoms with Crippen LogP contribution in [0.25, 0.3) is 16.9 Å². The number of aryl methyl sites for hydroxylation is 1. The molecule has 1 aliphatic rings. The van der Waals surface area contributed by atoms with E-state index in [-0.39, 0.29) is 29.4 Å². The van der Waals surface area contributed by atoms with Crippen LogP contribution < -0.4 is 10.2 Å². The van der Waals surface area contributed by atoms with E-state index in [9.17, 15) is 9.59 Å². The fraction of sp³-hybridized carbons (Fsp3) is 0.233. The summed E-state index contributed by atoms with van der Waals surface area (Å²) in [7, 11) is 0. The normalized spacial score (nSPS) is 15.2. The maximum Gasteiger partial charge on any atom is 0.240 e. The molecule has 2 amide bonds. The number of carbonyl (C=O) groups is 2. The monoisotopic (exact) mass is 544 g/mol. The minimum absolute atomic E-state index is 0.0829. The van der Waals surface area contributed by atoms with E-state index in [1.165, 1.54) is 11.8 Å². The molecule has 8 heteroatoms. The lowest BCUT2D eigenvalue weighted by Gasteiger charge is -2.23. The first-order valence-electron chi connectivity index (χ1n) is 12.7. The Kier molecular flexibility index (Phi) is 7.86. The average molecular weight is 545 g/mol. The van der Waals surface area contributed by atoms with Crippen molar-refractivity contribution in [2.45, 2.75) is 25.5 Å². The van der Waals surface area contributed by atoms with Gasteiger partial charge in [0.25, 0.3) is 0 Å². The Morgan fingerprint density at radius 2 is 1.84 bits per heavy atom. The number of nitrogens with one attached hydrogen (secondary N) is 1. The number of aromatic nitrogens is 2. The largest absolute Gasteiger partial charge is 0.355 e. The SMILES string of the molecule is CCCNC(=O)CN1C(=O)CS[C@H](c2cccc(Cl)c2)c2c(-c3ccccc3)nn(-c3ccc(C)cc3)c21. The van der Waals surface area contributed by atoms with Crippen LogP contribution in [0.1, 0.15) is 35.3 Å². The van der Waals surface area contributed by atoms with Crippen molar-refractivity contribution >= 4 is 41.0 Å². The molecule has 1 aromatic heterocycles. The predicted molar refractivity (Wildman–Crippen MR) is 155 cm³/mol. The minimum atomic E-state index is -0.217. The molecule has 0 aliphatic carbocycles. The Hall–Kier alpha value is -3.55. The van der Waals surface area contributed by atoms with Gasteiger partial charge in [-0.3, -0.25) is 14.5 Å². The zero-order valence-electron chi connectivity index (χ0n) is 21.4. The summed E-state index contributed by atoms with van der Waals surface area (Å²) < 4.78 is 1.81. The number of hydrogen-bond acceptors (Lipinski definition) is 4. The van der Waals surface area contributed by atoms with Gasteiger partial charge in [0.05, 0.1) is 22.4 Å². The highest BCUT2D eigenvalue weighted by atomic mass is 35.5. The Morgan fingerprint density at radius 1 is 1.08 bits per heavy atom. The first-order chi connectivity index (χ1) is 18.5. The Balaban J connectivity index is 1.78. The molecular formula is C30H29ClN4O2S. The number of amides is 2. The second-order valence-electron chi connectivity index (χ2n) is 9.28. The second-order valence-corrected chi connectivity index (χ2v) is 10.8. The maximum absolute atomic E-state index is 13.7. The number of halogens is 1. The molecule has 0 bridgehead atoms. The molecule has 0 saturated carbocycles. The molecule has 0 spiro atoms. The van der Waals surface area contributed by atoms with Gasteiger partial charge in [0.1, 0.15) is 12.4 Å². The summed E-state index contributed by atoms with van der Waals surface area (Å²) in [5.41, 5.74) is 5.51. The number of rotatable bonds is 7. The molecule has 3 aromatic carbocycles. The standard InChI is InChI=1S/C30H29ClN4O2S/c1-3-16-32-25(36)18-34-26(37)19-38-29(22-10-7-11-23(31)17-22)27-28(21-8-5-4-6-9-21)33-35(30(27)34)24-14-12-20(2)13-15-24/h4-15,17,29H,3,16,18-19H2,1-2H3,(H,32,36)/t29-/m1/s1. The molecule has 38 heavy (non-hydrogen) atoms. The molecule has 1 aliphatic heterocycles. The zero-order valence-corrected chi connectivity index (χ0v) is 22.9. The van der Waals surface area contributed by atoms with Crippen LogP contribution in [0.2, 0.25) is 5.02 Å². The molecular weight excluding hydrogens is 516 g/mol. The third-order valence-electron chi connectivity index (χ3n) is 6.44. The van der Waals surface area contributed by atoms with Crippen molar-refractivity contribution < 1.29 is 9.59 Å². The van der Waals surface area contributed by atoms with E-state index in [2.05, 4.69) is 5.32 Å². The van der Waals surface area contributed by atoms with E-state index in [0.717, 1.165) is 40.1 Å². The van der Waals surface area contributed by atoms with Crippen molar-refractivity contribution in [1.82, 2.24) is 15.1 Å². The summed E-state index contributed by atoms with van der Waals surface area (Å²) in [5.74, 6) is 0.490. The summed E-state index contributed by atoms with van der Waals surface area (Å²) >= 11 is 7.95. The average Bonchev–Trinajstić information content (AvgIpc) is 3.25. The molecule has 1 atom stereocenters. The van der Waals surface area contributed by atoms with Crippen molar-refractivity contribution in [3.8, 4) is 16.9 Å². The van der Waals surface area contributed by atoms with Crippen LogP contribution in [0.5, 0.6) is 0 Å². The molecule has 194 valence electrons. The van der Waals surface area contributed by atoms with Gasteiger partial charge in [-0.2, -0.15) is 5.10 Å². The van der Waals surface area contributed by atoms with E-state index in [1.54, 1.807) is 4.90 Å². The third kappa shape index (κ3) is 5.35. The van der Waals surface area contributed by atoms with Gasteiger partial charge in [-0.1, -0.05) is 78.7 Å². The van der Waals surface area contributed by atoms with Crippen LogP contribution in [0.3, 0.4) is 0 Å². The number of anilines is 1. The molecule has 0 fully saturated rings. The summed E-state index contributed by atoms with van der Waals surface area (Å²) in [6, 6.07) is 25.7. The van der Waals surface area contributed by atoms with Gasteiger partial charge in [0.15, 0.2) is 0 Å². The van der Waals surface area contributed by atoms with Gasteiger partial charge >= 0.3 is 0 Å². The molecule has 2 heterocycles. The smallest absolute Gasteiger partial charge is 0.240 e. The highest BCUT2D eigenvalue weighted by Gasteiger charge is 2.37. The van der Waals surface area contributed by atoms with Crippen LogP contribution in [0, 0.1) is 6.92 Å². The van der Waals surface area contributed by atoms with Crippen molar-refractivity contribution in [2.24, 2.45) is 0 Å². The first kappa shape index (κ1) is 26.1. The Labute approximate surface area is 232 Å². The van der Waals surface area contributed by atoms with Crippen molar-refractivity contribution in [3.05, 3.63) is 101 Å². The lowest BCUT2D eigenvalue weighted by Crippen LogP contribution is -2.42. The number of nitrogens with zero attached hydrogens (tertiary/aromatic N) is 3. The molecule has 0 unspecified atom stereocenters. The van der Waals surface area contributed by atoms with Crippen LogP contribution >= 0.6 is 23.4 Å². The zero-order chi connectivity index (χ0) is 26.6. The van der Waals surface area contributed by atoms with Crippen molar-refractivity contribution in [1.29, 1.82) is 0 Å². The predicted octanol–water partition coefficient (Wildman–Crippen LogP) is 6.20. The summed E-state index contributed by atoms with van der Waals surface area (Å²) in [4.78, 5) is 28.2. The highest BCUT2D eigenvalue weighted by Crippen LogP contribution is 2.48. The second kappa shape index (κ2) is 11.5. The van der Waals surface area contributed by atoms with Crippen molar-refractivity contribution in [3.63, 3.8) is 0 Å². The van der Waals surface area contributed by atoms with Gasteiger partial charge in [-0.05, 0) is 43.2 Å². The number of thioether (sulfide) groups is 1. The van der Waals surface area contributed by atoms with E-state index >= 15 is 0 Å². The lowest BCUT2D eigenvalue weighted by atomic mass is 9.99. The van der Waals surface area contributed by atoms with Crippen LogP contribution in [-0.2, 0) is 9.59 Å². The first-order valence-corrected chi connectivity index (χ1v) is 14.1. The van der Waals surface area contributed by atoms with E-state index < -0.39 is 0 Å². The van der Waals surface area contributed by atoms with Crippen LogP contribution in [-0.4, -0.2) is 40.4 Å². The number of hydrogen-bond donors (Lipinski definition) is 1. The molecule has 5 rings (SSSR count). The van der Waals surface area contributed by atoms with Crippen molar-refractivity contribution in [2.75, 3.05) is 23.7 Å². The summed E-state index contributed by atoms with van der Waals surface area (Å²) in [6.45, 7) is 4.50. The number of benzene rings is 3. The Bertz CT molecular complexity index is 1450. The molecule has 0 saturated heterocycles. The van der Waals surface area contributed by atoms with E-state index in [0.29, 0.717) is 17.4 Å². The quantitative estimate of drug-likeness (QED) is 0.301. The molecule has 1 N–H and O–H groups in total. The minimum Gasteiger partial charge on any atom is -0.355 e. The molecule has 4 aromatic rings. The van der Waals surface area contributed by atoms with Crippen LogP contribution in [0.15, 0.2) is 78.9 Å². The molecule has 0 radical (unpaired) electrons. The van der Waals surface area contributed by atoms with Gasteiger partial charge in [-0.25, -0.2) is 4.68 Å². The van der Waals surface area contributed by atoms with Crippen LogP contribution in [0.4, 0.5) is 5.82 Å². The fourth-order valence-corrected chi connectivity index (χ4v) is 5.98.